The summed E-state index contributed by atoms with van der Waals surface area (Å²) in [7, 11) is 0. The van der Waals surface area contributed by atoms with E-state index in [0.717, 1.165) is 154 Å². The number of para-hydroxylation sites is 4. The molecule has 0 atom stereocenters. The molecule has 0 unspecified atom stereocenters. The molecule has 0 bridgehead atoms. The molecule has 0 aliphatic carbocycles. The Bertz CT molecular complexity index is 5490. The molecule has 8 nitrogen and oxygen atoms in total. The largest absolute Gasteiger partial charge is 0.456 e. The van der Waals surface area contributed by atoms with Gasteiger partial charge in [0.2, 0.25) is 5.69 Å². The molecule has 6 aromatic heterocycles. The van der Waals surface area contributed by atoms with Crippen LogP contribution in [0.5, 0.6) is 0 Å². The summed E-state index contributed by atoms with van der Waals surface area (Å²) in [5.41, 5.74) is 15.8. The first-order chi connectivity index (χ1) is 37.6. The van der Waals surface area contributed by atoms with Gasteiger partial charge in [-0.25, -0.2) is 4.85 Å². The van der Waals surface area contributed by atoms with E-state index in [9.17, 15) is 5.26 Å². The van der Waals surface area contributed by atoms with Crippen molar-refractivity contribution in [3.63, 3.8) is 0 Å². The van der Waals surface area contributed by atoms with Gasteiger partial charge >= 0.3 is 0 Å². The topological polar surface area (TPSA) is 90.6 Å². The van der Waals surface area contributed by atoms with Crippen molar-refractivity contribution in [3.8, 4) is 39.7 Å². The SMILES string of the molecule is [C-]#[N+]c1cc(-n2c3ccc(-c4ccc5c(c4)oc4ccccc45)cc3c3c4oc5ccccc5c4ccc32)cc(C#N)c1-n1c2ccc(-c3ccc4c(c3)oc3ccccc34)cc2c2c3oc4ccccc4c3ccc21. The highest BCUT2D eigenvalue weighted by Crippen LogP contribution is 2.47. The second-order valence-corrected chi connectivity index (χ2v) is 19.7. The van der Waals surface area contributed by atoms with Crippen molar-refractivity contribution < 1.29 is 17.7 Å². The lowest BCUT2D eigenvalue weighted by Crippen LogP contribution is -2.01. The zero-order chi connectivity index (χ0) is 49.9. The van der Waals surface area contributed by atoms with E-state index < -0.39 is 0 Å². The molecule has 0 radical (unpaired) electrons. The Morgan fingerprint density at radius 2 is 0.750 bits per heavy atom. The molecular formula is C68H34N4O4. The number of nitrogens with zero attached hydrogens (tertiary/aromatic N) is 4. The summed E-state index contributed by atoms with van der Waals surface area (Å²) >= 11 is 0. The maximum absolute atomic E-state index is 11.4. The molecule has 0 aliphatic rings. The monoisotopic (exact) mass is 970 g/mol. The van der Waals surface area contributed by atoms with Gasteiger partial charge in [-0.05, 0) is 131 Å². The summed E-state index contributed by atoms with van der Waals surface area (Å²) in [6.45, 7) is 8.91. The molecular weight excluding hydrogens is 937 g/mol. The van der Waals surface area contributed by atoms with Gasteiger partial charge < -0.3 is 26.8 Å². The molecule has 350 valence electrons. The highest BCUT2D eigenvalue weighted by Gasteiger charge is 2.26. The van der Waals surface area contributed by atoms with E-state index in [1.807, 2.05) is 84.9 Å². The first-order valence-electron chi connectivity index (χ1n) is 25.1. The van der Waals surface area contributed by atoms with Crippen LogP contribution in [0.2, 0.25) is 0 Å². The van der Waals surface area contributed by atoms with Crippen LogP contribution in [0, 0.1) is 17.9 Å². The summed E-state index contributed by atoms with van der Waals surface area (Å²) in [6, 6.07) is 72.9. The average molecular weight is 971 g/mol. The molecule has 0 saturated carbocycles. The number of rotatable bonds is 4. The fourth-order valence-corrected chi connectivity index (χ4v) is 12.4. The predicted molar refractivity (Wildman–Crippen MR) is 306 cm³/mol. The Labute approximate surface area is 430 Å². The minimum atomic E-state index is 0.326. The summed E-state index contributed by atoms with van der Waals surface area (Å²) in [6.07, 6.45) is 0. The molecule has 76 heavy (non-hydrogen) atoms. The first kappa shape index (κ1) is 40.8. The van der Waals surface area contributed by atoms with Crippen molar-refractivity contribution in [2.24, 2.45) is 0 Å². The maximum Gasteiger partial charge on any atom is 0.214 e. The number of aromatic nitrogens is 2. The molecule has 0 N–H and O–H groups in total. The molecule has 0 spiro atoms. The molecule has 8 heteroatoms. The summed E-state index contributed by atoms with van der Waals surface area (Å²) in [5.74, 6) is 0. The van der Waals surface area contributed by atoms with E-state index >= 15 is 0 Å². The van der Waals surface area contributed by atoms with Crippen LogP contribution < -0.4 is 0 Å². The number of furan rings is 4. The molecule has 0 amide bonds. The van der Waals surface area contributed by atoms with E-state index in [4.69, 9.17) is 24.2 Å². The van der Waals surface area contributed by atoms with Crippen LogP contribution in [-0.2, 0) is 0 Å². The van der Waals surface area contributed by atoms with Crippen molar-refractivity contribution in [2.45, 2.75) is 0 Å². The smallest absolute Gasteiger partial charge is 0.214 e. The molecule has 6 heterocycles. The third-order valence-electron chi connectivity index (χ3n) is 15.8. The number of hydrogen-bond acceptors (Lipinski definition) is 5. The Hall–Kier alpha value is -10.8. The van der Waals surface area contributed by atoms with Gasteiger partial charge in [0.1, 0.15) is 50.7 Å². The van der Waals surface area contributed by atoms with Crippen molar-refractivity contribution >= 4 is 137 Å². The number of hydrogen-bond donors (Lipinski definition) is 0. The van der Waals surface area contributed by atoms with Gasteiger partial charge in [0.05, 0.1) is 50.7 Å². The van der Waals surface area contributed by atoms with E-state index in [0.29, 0.717) is 22.6 Å². The lowest BCUT2D eigenvalue weighted by atomic mass is 10.0. The number of benzene rings is 11. The molecule has 0 fully saturated rings. The van der Waals surface area contributed by atoms with Gasteiger partial charge in [-0.2, -0.15) is 5.26 Å². The molecule has 17 aromatic rings. The standard InChI is InChI=1S/C68H34N4O4/c1-70-53-35-42(71-54-26-20-37(39-18-22-47-43-10-2-6-14-58(43)73-62(47)33-39)31-51(54)64-56(71)28-24-49-45-12-4-8-16-60(45)75-67(49)64)30-41(36-69)66(53)72-55-27-21-38(40-19-23-48-44-11-3-7-15-59(44)74-63(48)34-40)32-52(55)65-57(72)29-25-50-46-13-5-9-17-61(46)76-68(50)65/h2-35H. The van der Waals surface area contributed by atoms with Gasteiger partial charge in [0, 0.05) is 59.5 Å². The zero-order valence-corrected chi connectivity index (χ0v) is 40.1. The highest BCUT2D eigenvalue weighted by molar-refractivity contribution is 6.26. The third kappa shape index (κ3) is 5.48. The van der Waals surface area contributed by atoms with Crippen molar-refractivity contribution in [3.05, 3.63) is 223 Å². The van der Waals surface area contributed by atoms with E-state index in [1.165, 1.54) is 0 Å². The molecule has 0 saturated heterocycles. The van der Waals surface area contributed by atoms with Gasteiger partial charge in [-0.1, -0.05) is 97.1 Å². The van der Waals surface area contributed by atoms with Crippen molar-refractivity contribution in [2.75, 3.05) is 0 Å². The number of nitriles is 1. The van der Waals surface area contributed by atoms with E-state index in [2.05, 4.69) is 141 Å². The number of fused-ring (bicyclic) bond motifs is 20. The first-order valence-corrected chi connectivity index (χ1v) is 25.1. The lowest BCUT2D eigenvalue weighted by Gasteiger charge is -2.16. The fourth-order valence-electron chi connectivity index (χ4n) is 12.4. The quantitative estimate of drug-likeness (QED) is 0.164. The van der Waals surface area contributed by atoms with Gasteiger partial charge in [-0.3, -0.25) is 0 Å². The van der Waals surface area contributed by atoms with Gasteiger partial charge in [0.25, 0.3) is 0 Å². The minimum absolute atomic E-state index is 0.326. The van der Waals surface area contributed by atoms with Crippen LogP contribution in [0.1, 0.15) is 5.56 Å². The predicted octanol–water partition coefficient (Wildman–Crippen LogP) is 19.2. The van der Waals surface area contributed by atoms with Crippen molar-refractivity contribution in [1.29, 1.82) is 5.26 Å². The molecule has 0 aliphatic heterocycles. The van der Waals surface area contributed by atoms with Crippen LogP contribution in [0.25, 0.3) is 170 Å². The van der Waals surface area contributed by atoms with E-state index in [1.54, 1.807) is 0 Å². The molecule has 11 aromatic carbocycles. The second kappa shape index (κ2) is 14.9. The average Bonchev–Trinajstić information content (AvgIpc) is 4.38. The Kier molecular flexibility index (Phi) is 7.99. The van der Waals surface area contributed by atoms with E-state index in [-0.39, 0.29) is 0 Å². The Balaban J connectivity index is 0.900. The normalized spacial score (nSPS) is 12.2. The maximum atomic E-state index is 11.4. The Morgan fingerprint density at radius 3 is 1.25 bits per heavy atom. The summed E-state index contributed by atoms with van der Waals surface area (Å²) < 4.78 is 30.5. The van der Waals surface area contributed by atoms with Gasteiger partial charge in [0.15, 0.2) is 0 Å². The zero-order valence-electron chi connectivity index (χ0n) is 40.1. The summed E-state index contributed by atoms with van der Waals surface area (Å²) in [4.78, 5) is 4.27. The van der Waals surface area contributed by atoms with Crippen LogP contribution in [0.15, 0.2) is 224 Å². The highest BCUT2D eigenvalue weighted by atomic mass is 16.3. The van der Waals surface area contributed by atoms with Gasteiger partial charge in [-0.15, -0.1) is 0 Å². The second-order valence-electron chi connectivity index (χ2n) is 19.7. The Morgan fingerprint density at radius 1 is 0.355 bits per heavy atom. The summed E-state index contributed by atoms with van der Waals surface area (Å²) in [5, 5.41) is 23.5. The molecule has 17 rings (SSSR count). The lowest BCUT2D eigenvalue weighted by molar-refractivity contribution is 0.668. The van der Waals surface area contributed by atoms with Crippen LogP contribution >= 0.6 is 0 Å². The van der Waals surface area contributed by atoms with Crippen LogP contribution in [0.3, 0.4) is 0 Å². The minimum Gasteiger partial charge on any atom is -0.456 e. The fraction of sp³-hybridized carbons (Fsp3) is 0. The van der Waals surface area contributed by atoms with Crippen LogP contribution in [-0.4, -0.2) is 9.13 Å². The third-order valence-corrected chi connectivity index (χ3v) is 15.8. The van der Waals surface area contributed by atoms with Crippen LogP contribution in [0.4, 0.5) is 5.69 Å². The van der Waals surface area contributed by atoms with Crippen molar-refractivity contribution in [1.82, 2.24) is 9.13 Å².